The van der Waals surface area contributed by atoms with Gasteiger partial charge in [-0.25, -0.2) is 4.98 Å². The van der Waals surface area contributed by atoms with E-state index in [1.165, 1.54) is 0 Å². The molecule has 1 heterocycles. The molecular formula is C13H16N4O. The summed E-state index contributed by atoms with van der Waals surface area (Å²) in [6.45, 7) is 3.73. The van der Waals surface area contributed by atoms with Gasteiger partial charge in [-0.15, -0.1) is 0 Å². The number of H-pyrrole nitrogens is 1. The highest BCUT2D eigenvalue weighted by Gasteiger charge is 2.16. The maximum atomic E-state index is 12.2. The van der Waals surface area contributed by atoms with Crippen molar-refractivity contribution in [2.24, 2.45) is 0 Å². The van der Waals surface area contributed by atoms with Crippen molar-refractivity contribution in [1.29, 1.82) is 0 Å². The molecule has 0 spiro atoms. The van der Waals surface area contributed by atoms with E-state index in [1.807, 2.05) is 26.0 Å². The Morgan fingerprint density at radius 1 is 1.50 bits per heavy atom. The van der Waals surface area contributed by atoms with Gasteiger partial charge < -0.3 is 16.0 Å². The molecule has 94 valence electrons. The number of nitrogen functional groups attached to an aromatic ring is 1. The van der Waals surface area contributed by atoms with Gasteiger partial charge in [0, 0.05) is 18.1 Å². The van der Waals surface area contributed by atoms with Crippen LogP contribution >= 0.6 is 0 Å². The fourth-order valence-electron chi connectivity index (χ4n) is 1.85. The van der Waals surface area contributed by atoms with Gasteiger partial charge in [0.15, 0.2) is 0 Å². The number of carbonyl (C=O) groups is 1. The lowest BCUT2D eigenvalue weighted by Crippen LogP contribution is -2.28. The van der Waals surface area contributed by atoms with E-state index >= 15 is 0 Å². The zero-order chi connectivity index (χ0) is 13.1. The highest BCUT2D eigenvalue weighted by molar-refractivity contribution is 6.00. The first-order chi connectivity index (χ1) is 8.59. The van der Waals surface area contributed by atoms with Crippen LogP contribution in [-0.4, -0.2) is 15.9 Å². The zero-order valence-electron chi connectivity index (χ0n) is 10.4. The Labute approximate surface area is 105 Å². The lowest BCUT2D eigenvalue weighted by atomic mass is 10.1. The summed E-state index contributed by atoms with van der Waals surface area (Å²) in [5, 5.41) is 2.87. The second-order valence-electron chi connectivity index (χ2n) is 4.21. The van der Waals surface area contributed by atoms with Gasteiger partial charge in [-0.3, -0.25) is 4.79 Å². The van der Waals surface area contributed by atoms with Crippen LogP contribution in [0.2, 0.25) is 0 Å². The van der Waals surface area contributed by atoms with Gasteiger partial charge in [0.2, 0.25) is 0 Å². The van der Waals surface area contributed by atoms with E-state index in [1.54, 1.807) is 18.5 Å². The Morgan fingerprint density at radius 2 is 2.28 bits per heavy atom. The molecule has 4 N–H and O–H groups in total. The first kappa shape index (κ1) is 12.2. The molecular weight excluding hydrogens is 228 g/mol. The summed E-state index contributed by atoms with van der Waals surface area (Å²) in [5.41, 5.74) is 7.70. The van der Waals surface area contributed by atoms with Crippen molar-refractivity contribution >= 4 is 11.6 Å². The maximum absolute atomic E-state index is 12.2. The van der Waals surface area contributed by atoms with Gasteiger partial charge in [-0.1, -0.05) is 12.1 Å². The standard InChI is InChI=1S/C13H16N4O/c1-8-4-3-5-10(14)11(8)13(18)17-9(2)12-15-6-7-16-12/h3-7,9H,14H2,1-2H3,(H,15,16)(H,17,18). The van der Waals surface area contributed by atoms with Crippen molar-refractivity contribution in [1.82, 2.24) is 15.3 Å². The molecule has 18 heavy (non-hydrogen) atoms. The van der Waals surface area contributed by atoms with Crippen molar-refractivity contribution in [2.45, 2.75) is 19.9 Å². The molecule has 2 aromatic rings. The van der Waals surface area contributed by atoms with Crippen LogP contribution in [0, 0.1) is 6.92 Å². The number of rotatable bonds is 3. The second-order valence-corrected chi connectivity index (χ2v) is 4.21. The van der Waals surface area contributed by atoms with Crippen LogP contribution in [0.15, 0.2) is 30.6 Å². The number of benzene rings is 1. The summed E-state index contributed by atoms with van der Waals surface area (Å²) in [6.07, 6.45) is 3.38. The molecule has 0 aliphatic rings. The summed E-state index contributed by atoms with van der Waals surface area (Å²) < 4.78 is 0. The summed E-state index contributed by atoms with van der Waals surface area (Å²) in [4.78, 5) is 19.2. The van der Waals surface area contributed by atoms with Crippen LogP contribution in [0.4, 0.5) is 5.69 Å². The molecule has 1 unspecified atom stereocenters. The quantitative estimate of drug-likeness (QED) is 0.720. The highest BCUT2D eigenvalue weighted by atomic mass is 16.1. The first-order valence-electron chi connectivity index (χ1n) is 5.75. The molecule has 0 fully saturated rings. The Hall–Kier alpha value is -2.30. The molecule has 1 aromatic carbocycles. The van der Waals surface area contributed by atoms with Gasteiger partial charge in [0.25, 0.3) is 5.91 Å². The lowest BCUT2D eigenvalue weighted by Gasteiger charge is -2.14. The van der Waals surface area contributed by atoms with Crippen molar-refractivity contribution in [2.75, 3.05) is 5.73 Å². The molecule has 0 saturated heterocycles. The SMILES string of the molecule is Cc1cccc(N)c1C(=O)NC(C)c1ncc[nH]1. The average Bonchev–Trinajstić information content (AvgIpc) is 2.81. The van der Waals surface area contributed by atoms with Crippen LogP contribution < -0.4 is 11.1 Å². The van der Waals surface area contributed by atoms with Crippen molar-refractivity contribution in [3.8, 4) is 0 Å². The molecule has 0 aliphatic carbocycles. The van der Waals surface area contributed by atoms with E-state index in [0.29, 0.717) is 11.3 Å². The number of amides is 1. The Balaban J connectivity index is 2.18. The molecule has 2 rings (SSSR count). The van der Waals surface area contributed by atoms with Gasteiger partial charge in [0.1, 0.15) is 5.82 Å². The van der Waals surface area contributed by atoms with E-state index in [2.05, 4.69) is 15.3 Å². The average molecular weight is 244 g/mol. The maximum Gasteiger partial charge on any atom is 0.254 e. The van der Waals surface area contributed by atoms with Crippen LogP contribution in [0.3, 0.4) is 0 Å². The summed E-state index contributed by atoms with van der Waals surface area (Å²) in [6, 6.07) is 5.23. The smallest absolute Gasteiger partial charge is 0.254 e. The molecule has 0 radical (unpaired) electrons. The third kappa shape index (κ3) is 2.34. The number of imidazole rings is 1. The van der Waals surface area contributed by atoms with Gasteiger partial charge in [-0.2, -0.15) is 0 Å². The Bertz CT molecular complexity index is 528. The zero-order valence-corrected chi connectivity index (χ0v) is 10.4. The third-order valence-electron chi connectivity index (χ3n) is 2.81. The second kappa shape index (κ2) is 4.91. The van der Waals surface area contributed by atoms with E-state index in [9.17, 15) is 4.79 Å². The molecule has 1 aromatic heterocycles. The largest absolute Gasteiger partial charge is 0.398 e. The number of carbonyl (C=O) groups excluding carboxylic acids is 1. The monoisotopic (exact) mass is 244 g/mol. The van der Waals surface area contributed by atoms with Crippen LogP contribution in [0.1, 0.15) is 34.7 Å². The van der Waals surface area contributed by atoms with Crippen LogP contribution in [0.5, 0.6) is 0 Å². The minimum absolute atomic E-state index is 0.186. The predicted molar refractivity (Wildman–Crippen MR) is 70.1 cm³/mol. The number of aromatic amines is 1. The molecule has 0 aliphatic heterocycles. The van der Waals surface area contributed by atoms with E-state index in [-0.39, 0.29) is 11.9 Å². The van der Waals surface area contributed by atoms with Crippen molar-refractivity contribution in [3.63, 3.8) is 0 Å². The van der Waals surface area contributed by atoms with E-state index in [0.717, 1.165) is 11.4 Å². The number of hydrogen-bond donors (Lipinski definition) is 3. The summed E-state index contributed by atoms with van der Waals surface area (Å²) >= 11 is 0. The molecule has 1 atom stereocenters. The van der Waals surface area contributed by atoms with Gasteiger partial charge in [-0.05, 0) is 25.5 Å². The summed E-state index contributed by atoms with van der Waals surface area (Å²) in [5.74, 6) is 0.532. The Kier molecular flexibility index (Phi) is 3.32. The number of nitrogens with two attached hydrogens (primary N) is 1. The minimum atomic E-state index is -0.188. The number of hydrogen-bond acceptors (Lipinski definition) is 3. The topological polar surface area (TPSA) is 83.8 Å². The first-order valence-corrected chi connectivity index (χ1v) is 5.75. The number of aryl methyl sites for hydroxylation is 1. The van der Waals surface area contributed by atoms with Crippen LogP contribution in [0.25, 0.3) is 0 Å². The highest BCUT2D eigenvalue weighted by Crippen LogP contribution is 2.17. The third-order valence-corrected chi connectivity index (χ3v) is 2.81. The van der Waals surface area contributed by atoms with Gasteiger partial charge >= 0.3 is 0 Å². The van der Waals surface area contributed by atoms with E-state index in [4.69, 9.17) is 5.73 Å². The van der Waals surface area contributed by atoms with E-state index < -0.39 is 0 Å². The fourth-order valence-corrected chi connectivity index (χ4v) is 1.85. The normalized spacial score (nSPS) is 12.1. The number of nitrogens with zero attached hydrogens (tertiary/aromatic N) is 1. The van der Waals surface area contributed by atoms with Crippen molar-refractivity contribution in [3.05, 3.63) is 47.5 Å². The van der Waals surface area contributed by atoms with Gasteiger partial charge in [0.05, 0.1) is 11.6 Å². The number of aromatic nitrogens is 2. The van der Waals surface area contributed by atoms with Crippen LogP contribution in [-0.2, 0) is 0 Å². The molecule has 0 bridgehead atoms. The molecule has 1 amide bonds. The van der Waals surface area contributed by atoms with Crippen molar-refractivity contribution < 1.29 is 4.79 Å². The molecule has 0 saturated carbocycles. The molecule has 5 nitrogen and oxygen atoms in total. The minimum Gasteiger partial charge on any atom is -0.398 e. The number of anilines is 1. The molecule has 5 heteroatoms. The fraction of sp³-hybridized carbons (Fsp3) is 0.231. The Morgan fingerprint density at radius 3 is 2.89 bits per heavy atom. The summed E-state index contributed by atoms with van der Waals surface area (Å²) in [7, 11) is 0. The predicted octanol–water partition coefficient (Wildman–Crippen LogP) is 1.79. The number of nitrogens with one attached hydrogen (secondary N) is 2. The lowest BCUT2D eigenvalue weighted by molar-refractivity contribution is 0.0938.